The predicted octanol–water partition coefficient (Wildman–Crippen LogP) is 4.10. The monoisotopic (exact) mass is 350 g/mol. The van der Waals surface area contributed by atoms with Crippen molar-refractivity contribution < 1.29 is 9.53 Å². The van der Waals surface area contributed by atoms with Gasteiger partial charge in [0.25, 0.3) is 0 Å². The van der Waals surface area contributed by atoms with Crippen molar-refractivity contribution >= 4 is 28.6 Å². The maximum atomic E-state index is 11.4. The summed E-state index contributed by atoms with van der Waals surface area (Å²) in [6.45, 7) is 6.84. The van der Waals surface area contributed by atoms with Gasteiger partial charge in [0.05, 0.1) is 0 Å². The fraction of sp³-hybridized carbons (Fsp3) is 0.929. The molecule has 1 unspecified atom stereocenters. The lowest BCUT2D eigenvalue weighted by Crippen LogP contribution is -2.46. The zero-order chi connectivity index (χ0) is 12.7. The molecule has 2 rings (SSSR count). The van der Waals surface area contributed by atoms with Gasteiger partial charge in [-0.25, -0.2) is 0 Å². The van der Waals surface area contributed by atoms with Crippen molar-refractivity contribution in [3.8, 4) is 0 Å². The van der Waals surface area contributed by atoms with Gasteiger partial charge in [0.1, 0.15) is 5.60 Å². The number of carbonyl (C=O) groups is 1. The van der Waals surface area contributed by atoms with Crippen LogP contribution < -0.4 is 0 Å². The fourth-order valence-electron chi connectivity index (χ4n) is 3.32. The van der Waals surface area contributed by atoms with E-state index in [0.717, 1.165) is 29.1 Å². The van der Waals surface area contributed by atoms with Gasteiger partial charge in [-0.3, -0.25) is 4.79 Å². The molecule has 0 bridgehead atoms. The summed E-state index contributed by atoms with van der Waals surface area (Å²) in [5.74, 6) is 0.790. The maximum Gasteiger partial charge on any atom is 0.306 e. The Kier molecular flexibility index (Phi) is 3.77. The summed E-state index contributed by atoms with van der Waals surface area (Å²) < 4.78 is 6.37. The van der Waals surface area contributed by atoms with E-state index in [2.05, 4.69) is 43.4 Å². The van der Waals surface area contributed by atoms with Crippen molar-refractivity contribution in [1.82, 2.24) is 0 Å². The second-order valence-electron chi connectivity index (χ2n) is 6.63. The number of ether oxygens (including phenoxy) is 1. The van der Waals surface area contributed by atoms with Crippen molar-refractivity contribution in [3.63, 3.8) is 0 Å². The Morgan fingerprint density at radius 1 is 1.41 bits per heavy atom. The van der Waals surface area contributed by atoms with Crippen LogP contribution in [0.3, 0.4) is 0 Å². The minimum atomic E-state index is -0.183. The zero-order valence-electron chi connectivity index (χ0n) is 11.1. The normalized spacial score (nSPS) is 40.6. The first-order valence-electron chi connectivity index (χ1n) is 6.68. The highest BCUT2D eigenvalue weighted by atomic mass is 127. The molecule has 0 aromatic heterocycles. The van der Waals surface area contributed by atoms with Crippen LogP contribution in [0.25, 0.3) is 0 Å². The summed E-state index contributed by atoms with van der Waals surface area (Å²) in [7, 11) is 0. The second-order valence-corrected chi connectivity index (χ2v) is 8.23. The Labute approximate surface area is 118 Å². The topological polar surface area (TPSA) is 26.3 Å². The van der Waals surface area contributed by atoms with Gasteiger partial charge in [0.15, 0.2) is 0 Å². The molecule has 1 aliphatic heterocycles. The van der Waals surface area contributed by atoms with E-state index in [1.54, 1.807) is 0 Å². The summed E-state index contributed by atoms with van der Waals surface area (Å²) in [6, 6.07) is 0. The fourth-order valence-corrected chi connectivity index (χ4v) is 5.79. The number of halogens is 1. The number of hydrogen-bond donors (Lipinski definition) is 0. The number of esters is 1. The molecule has 0 radical (unpaired) electrons. The molecule has 0 amide bonds. The third-order valence-corrected chi connectivity index (χ3v) is 5.90. The average molecular weight is 350 g/mol. The molecule has 0 spiro atoms. The van der Waals surface area contributed by atoms with E-state index < -0.39 is 0 Å². The molecule has 1 heterocycles. The Hall–Kier alpha value is 0.200. The molecule has 1 aliphatic carbocycles. The second kappa shape index (κ2) is 4.71. The standard InChI is InChI=1S/C14H23IO2/c1-13(2)9-11(15)10(13)6-8-14(3)7-4-5-12(16)17-14/h10-11H,4-9H2,1-3H3/t10-,11-,14?/m0/s1. The van der Waals surface area contributed by atoms with E-state index in [4.69, 9.17) is 4.74 Å². The number of alkyl halides is 1. The van der Waals surface area contributed by atoms with E-state index in [-0.39, 0.29) is 11.6 Å². The number of hydrogen-bond acceptors (Lipinski definition) is 2. The summed E-state index contributed by atoms with van der Waals surface area (Å²) in [5.41, 5.74) is 0.304. The van der Waals surface area contributed by atoms with Crippen LogP contribution in [-0.2, 0) is 9.53 Å². The minimum absolute atomic E-state index is 0.00218. The molecule has 2 nitrogen and oxygen atoms in total. The summed E-state index contributed by atoms with van der Waals surface area (Å²) in [6.07, 6.45) is 6.21. The van der Waals surface area contributed by atoms with Crippen molar-refractivity contribution in [2.45, 2.75) is 68.8 Å². The molecule has 3 atom stereocenters. The van der Waals surface area contributed by atoms with Crippen LogP contribution in [0.5, 0.6) is 0 Å². The Bertz CT molecular complexity index is 313. The van der Waals surface area contributed by atoms with Gasteiger partial charge >= 0.3 is 5.97 Å². The van der Waals surface area contributed by atoms with Gasteiger partial charge in [-0.2, -0.15) is 0 Å². The van der Waals surface area contributed by atoms with E-state index in [9.17, 15) is 4.79 Å². The van der Waals surface area contributed by atoms with Gasteiger partial charge < -0.3 is 4.74 Å². The van der Waals surface area contributed by atoms with Gasteiger partial charge in [0, 0.05) is 10.3 Å². The quantitative estimate of drug-likeness (QED) is 0.435. The third kappa shape index (κ3) is 2.96. The van der Waals surface area contributed by atoms with Crippen molar-refractivity contribution in [1.29, 1.82) is 0 Å². The third-order valence-electron chi connectivity index (χ3n) is 4.59. The Morgan fingerprint density at radius 3 is 2.65 bits per heavy atom. The maximum absolute atomic E-state index is 11.4. The molecule has 2 fully saturated rings. The van der Waals surface area contributed by atoms with Crippen LogP contribution in [0.1, 0.15) is 59.3 Å². The first-order valence-corrected chi connectivity index (χ1v) is 7.93. The molecule has 3 heteroatoms. The molecule has 1 saturated carbocycles. The van der Waals surface area contributed by atoms with Crippen LogP contribution in [0, 0.1) is 11.3 Å². The molecule has 0 N–H and O–H groups in total. The van der Waals surface area contributed by atoms with Gasteiger partial charge in [-0.15, -0.1) is 0 Å². The van der Waals surface area contributed by atoms with Crippen LogP contribution in [0.4, 0.5) is 0 Å². The van der Waals surface area contributed by atoms with Crippen molar-refractivity contribution in [3.05, 3.63) is 0 Å². The number of cyclic esters (lactones) is 1. The first-order chi connectivity index (χ1) is 7.82. The lowest BCUT2D eigenvalue weighted by atomic mass is 9.60. The molecule has 1 saturated heterocycles. The number of rotatable bonds is 3. The highest BCUT2D eigenvalue weighted by Crippen LogP contribution is 2.53. The average Bonchev–Trinajstić information content (AvgIpc) is 2.15. The van der Waals surface area contributed by atoms with Crippen LogP contribution in [0.2, 0.25) is 0 Å². The van der Waals surface area contributed by atoms with Gasteiger partial charge in [0.2, 0.25) is 0 Å². The van der Waals surface area contributed by atoms with Gasteiger partial charge in [-0.1, -0.05) is 36.4 Å². The van der Waals surface area contributed by atoms with E-state index in [1.165, 1.54) is 12.8 Å². The van der Waals surface area contributed by atoms with E-state index in [0.29, 0.717) is 11.8 Å². The lowest BCUT2D eigenvalue weighted by Gasteiger charge is -2.50. The van der Waals surface area contributed by atoms with Crippen LogP contribution >= 0.6 is 22.6 Å². The van der Waals surface area contributed by atoms with Crippen molar-refractivity contribution in [2.24, 2.45) is 11.3 Å². The summed E-state index contributed by atoms with van der Waals surface area (Å²) >= 11 is 2.58. The van der Waals surface area contributed by atoms with Gasteiger partial charge in [-0.05, 0) is 50.4 Å². The largest absolute Gasteiger partial charge is 0.459 e. The Balaban J connectivity index is 1.87. The molecule has 17 heavy (non-hydrogen) atoms. The molecule has 0 aromatic carbocycles. The Morgan fingerprint density at radius 2 is 2.12 bits per heavy atom. The number of carbonyl (C=O) groups excluding carboxylic acids is 1. The van der Waals surface area contributed by atoms with E-state index >= 15 is 0 Å². The molecule has 98 valence electrons. The highest BCUT2D eigenvalue weighted by molar-refractivity contribution is 14.1. The minimum Gasteiger partial charge on any atom is -0.459 e. The molecular weight excluding hydrogens is 327 g/mol. The zero-order valence-corrected chi connectivity index (χ0v) is 13.2. The molecular formula is C14H23IO2. The SMILES string of the molecule is CC1(CC[C@H]2[C@@H](I)CC2(C)C)CCCC(=O)O1. The summed E-state index contributed by atoms with van der Waals surface area (Å²) in [4.78, 5) is 11.4. The van der Waals surface area contributed by atoms with Crippen LogP contribution in [0.15, 0.2) is 0 Å². The molecule has 2 aliphatic rings. The van der Waals surface area contributed by atoms with Crippen molar-refractivity contribution in [2.75, 3.05) is 0 Å². The highest BCUT2D eigenvalue weighted by Gasteiger charge is 2.46. The van der Waals surface area contributed by atoms with E-state index in [1.807, 2.05) is 0 Å². The lowest BCUT2D eigenvalue weighted by molar-refractivity contribution is -0.166. The molecule has 0 aromatic rings. The first kappa shape index (κ1) is 13.6. The smallest absolute Gasteiger partial charge is 0.306 e. The van der Waals surface area contributed by atoms with Crippen LogP contribution in [-0.4, -0.2) is 15.5 Å². The predicted molar refractivity (Wildman–Crippen MR) is 77.3 cm³/mol. The summed E-state index contributed by atoms with van der Waals surface area (Å²) in [5, 5.41) is 0.